The van der Waals surface area contributed by atoms with Gasteiger partial charge in [-0.3, -0.25) is 4.57 Å². The minimum Gasteiger partial charge on any atom is -0.457 e. The third kappa shape index (κ3) is 3.04. The average molecular weight is 402 g/mol. The van der Waals surface area contributed by atoms with Crippen LogP contribution in [0.3, 0.4) is 0 Å². The highest BCUT2D eigenvalue weighted by Gasteiger charge is 2.13. The second-order valence-electron chi connectivity index (χ2n) is 7.27. The predicted molar refractivity (Wildman–Crippen MR) is 122 cm³/mol. The summed E-state index contributed by atoms with van der Waals surface area (Å²) in [7, 11) is 0. The first-order valence-electron chi connectivity index (χ1n) is 10.1. The molecule has 0 radical (unpaired) electrons. The molecule has 0 bridgehead atoms. The second-order valence-corrected chi connectivity index (χ2v) is 7.27. The highest BCUT2D eigenvalue weighted by atomic mass is 16.5. The fourth-order valence-corrected chi connectivity index (χ4v) is 3.99. The van der Waals surface area contributed by atoms with Crippen molar-refractivity contribution in [2.75, 3.05) is 0 Å². The summed E-state index contributed by atoms with van der Waals surface area (Å²) in [5, 5.41) is 6.65. The maximum Gasteiger partial charge on any atom is 0.137 e. The van der Waals surface area contributed by atoms with Gasteiger partial charge in [0, 0.05) is 41.5 Å². The third-order valence-corrected chi connectivity index (χ3v) is 5.35. The lowest BCUT2D eigenvalue weighted by Crippen LogP contribution is -1.96. The van der Waals surface area contributed by atoms with Crippen molar-refractivity contribution in [3.8, 4) is 23.0 Å². The minimum absolute atomic E-state index is 0.757. The van der Waals surface area contributed by atoms with Crippen molar-refractivity contribution in [3.63, 3.8) is 0 Å². The first-order valence-corrected chi connectivity index (χ1v) is 10.1. The summed E-state index contributed by atoms with van der Waals surface area (Å²) in [6, 6.07) is 30.3. The Labute approximate surface area is 178 Å². The molecule has 5 heteroatoms. The zero-order valence-corrected chi connectivity index (χ0v) is 16.6. The Kier molecular flexibility index (Phi) is 4.03. The van der Waals surface area contributed by atoms with E-state index < -0.39 is 0 Å². The summed E-state index contributed by atoms with van der Waals surface area (Å²) in [6.07, 6.45) is 5.49. The summed E-state index contributed by atoms with van der Waals surface area (Å²) >= 11 is 0. The number of fused-ring (bicyclic) bond motifs is 3. The van der Waals surface area contributed by atoms with Crippen molar-refractivity contribution in [2.24, 2.45) is 0 Å². The standard InChI is InChI=1S/C26H18N4O/c1-2-10-24-22(9-1)23-13-12-21(18-25(23)30(24)26-11-3-4-14-27-26)31-20-8-5-7-19(17-20)29-16-6-15-28-29/h1-18H. The van der Waals surface area contributed by atoms with E-state index in [9.17, 15) is 0 Å². The molecule has 0 spiro atoms. The highest BCUT2D eigenvalue weighted by molar-refractivity contribution is 6.09. The third-order valence-electron chi connectivity index (χ3n) is 5.35. The van der Waals surface area contributed by atoms with Gasteiger partial charge in [0.1, 0.15) is 17.3 Å². The van der Waals surface area contributed by atoms with E-state index in [0.717, 1.165) is 34.0 Å². The van der Waals surface area contributed by atoms with Gasteiger partial charge in [-0.1, -0.05) is 30.3 Å². The molecule has 3 heterocycles. The molecule has 0 atom stereocenters. The van der Waals surface area contributed by atoms with E-state index >= 15 is 0 Å². The van der Waals surface area contributed by atoms with Gasteiger partial charge in [0.15, 0.2) is 0 Å². The normalized spacial score (nSPS) is 11.2. The van der Waals surface area contributed by atoms with Crippen LogP contribution in [-0.2, 0) is 0 Å². The molecule has 31 heavy (non-hydrogen) atoms. The van der Waals surface area contributed by atoms with Gasteiger partial charge in [-0.05, 0) is 48.5 Å². The van der Waals surface area contributed by atoms with Crippen LogP contribution in [0.2, 0.25) is 0 Å². The van der Waals surface area contributed by atoms with Crippen molar-refractivity contribution in [2.45, 2.75) is 0 Å². The van der Waals surface area contributed by atoms with Gasteiger partial charge in [0.25, 0.3) is 0 Å². The number of hydrogen-bond donors (Lipinski definition) is 0. The lowest BCUT2D eigenvalue weighted by Gasteiger charge is -2.10. The van der Waals surface area contributed by atoms with Gasteiger partial charge in [0.2, 0.25) is 0 Å². The van der Waals surface area contributed by atoms with Crippen LogP contribution < -0.4 is 4.74 Å². The van der Waals surface area contributed by atoms with Crippen molar-refractivity contribution in [3.05, 3.63) is 110 Å². The Morgan fingerprint density at radius 2 is 1.52 bits per heavy atom. The van der Waals surface area contributed by atoms with Crippen LogP contribution in [0, 0.1) is 0 Å². The molecule has 0 fully saturated rings. The molecule has 6 rings (SSSR count). The fraction of sp³-hybridized carbons (Fsp3) is 0. The van der Waals surface area contributed by atoms with Crippen LogP contribution in [-0.4, -0.2) is 19.3 Å². The Balaban J connectivity index is 1.48. The van der Waals surface area contributed by atoms with E-state index in [1.54, 1.807) is 6.20 Å². The molecule has 3 aromatic carbocycles. The van der Waals surface area contributed by atoms with Crippen molar-refractivity contribution < 1.29 is 4.74 Å². The van der Waals surface area contributed by atoms with E-state index in [-0.39, 0.29) is 0 Å². The van der Waals surface area contributed by atoms with Crippen LogP contribution in [0.1, 0.15) is 0 Å². The summed E-state index contributed by atoms with van der Waals surface area (Å²) in [5.74, 6) is 2.41. The number of para-hydroxylation sites is 1. The highest BCUT2D eigenvalue weighted by Crippen LogP contribution is 2.34. The molecule has 0 unspecified atom stereocenters. The van der Waals surface area contributed by atoms with Crippen LogP contribution in [0.25, 0.3) is 33.3 Å². The Bertz CT molecular complexity index is 1500. The monoisotopic (exact) mass is 402 g/mol. The van der Waals surface area contributed by atoms with E-state index in [2.05, 4.69) is 51.0 Å². The molecule has 0 aliphatic carbocycles. The zero-order valence-electron chi connectivity index (χ0n) is 16.6. The van der Waals surface area contributed by atoms with Crippen molar-refractivity contribution >= 4 is 21.8 Å². The molecular formula is C26H18N4O. The maximum atomic E-state index is 6.24. The van der Waals surface area contributed by atoms with Gasteiger partial charge in [0.05, 0.1) is 16.7 Å². The summed E-state index contributed by atoms with van der Waals surface area (Å²) in [5.41, 5.74) is 3.13. The number of hydrogen-bond acceptors (Lipinski definition) is 3. The number of aromatic nitrogens is 4. The molecule has 148 valence electrons. The van der Waals surface area contributed by atoms with Crippen LogP contribution in [0.4, 0.5) is 0 Å². The quantitative estimate of drug-likeness (QED) is 0.355. The first kappa shape index (κ1) is 17.5. The summed E-state index contributed by atoms with van der Waals surface area (Å²) in [6.45, 7) is 0. The molecule has 0 aliphatic heterocycles. The molecule has 6 aromatic rings. The van der Waals surface area contributed by atoms with Crippen LogP contribution >= 0.6 is 0 Å². The van der Waals surface area contributed by atoms with Gasteiger partial charge in [-0.15, -0.1) is 0 Å². The second kappa shape index (κ2) is 7.15. The molecule has 0 N–H and O–H groups in total. The Hall–Kier alpha value is -4.38. The molecule has 0 amide bonds. The average Bonchev–Trinajstić information content (AvgIpc) is 3.46. The van der Waals surface area contributed by atoms with Gasteiger partial charge < -0.3 is 4.74 Å². The predicted octanol–water partition coefficient (Wildman–Crippen LogP) is 6.16. The lowest BCUT2D eigenvalue weighted by molar-refractivity contribution is 0.483. The molecule has 0 saturated carbocycles. The SMILES string of the molecule is c1ccc(-n2c3ccccc3c3ccc(Oc4cccc(-n5cccn5)c4)cc32)nc1. The fourth-order valence-electron chi connectivity index (χ4n) is 3.99. The topological polar surface area (TPSA) is 44.9 Å². The first-order chi connectivity index (χ1) is 15.4. The minimum atomic E-state index is 0.757. The van der Waals surface area contributed by atoms with Crippen LogP contribution in [0.5, 0.6) is 11.5 Å². The number of pyridine rings is 1. The van der Waals surface area contributed by atoms with Crippen LogP contribution in [0.15, 0.2) is 110 Å². The Morgan fingerprint density at radius 1 is 0.645 bits per heavy atom. The van der Waals surface area contributed by atoms with E-state index in [1.807, 2.05) is 71.7 Å². The maximum absolute atomic E-state index is 6.24. The molecule has 0 aliphatic rings. The van der Waals surface area contributed by atoms with Crippen molar-refractivity contribution in [1.29, 1.82) is 0 Å². The van der Waals surface area contributed by atoms with E-state index in [0.29, 0.717) is 0 Å². The lowest BCUT2D eigenvalue weighted by atomic mass is 10.1. The van der Waals surface area contributed by atoms with E-state index in [4.69, 9.17) is 4.74 Å². The van der Waals surface area contributed by atoms with Gasteiger partial charge in [-0.25, -0.2) is 9.67 Å². The zero-order chi connectivity index (χ0) is 20.6. The molecular weight excluding hydrogens is 384 g/mol. The number of benzene rings is 3. The smallest absolute Gasteiger partial charge is 0.137 e. The van der Waals surface area contributed by atoms with E-state index in [1.165, 1.54) is 10.8 Å². The summed E-state index contributed by atoms with van der Waals surface area (Å²) < 4.78 is 10.2. The number of nitrogens with zero attached hydrogens (tertiary/aromatic N) is 4. The number of rotatable bonds is 4. The largest absolute Gasteiger partial charge is 0.457 e. The molecule has 5 nitrogen and oxygen atoms in total. The Morgan fingerprint density at radius 3 is 2.39 bits per heavy atom. The summed E-state index contributed by atoms with van der Waals surface area (Å²) in [4.78, 5) is 4.59. The molecule has 0 saturated heterocycles. The van der Waals surface area contributed by atoms with Crippen molar-refractivity contribution in [1.82, 2.24) is 19.3 Å². The van der Waals surface area contributed by atoms with Gasteiger partial charge >= 0.3 is 0 Å². The molecule has 3 aromatic heterocycles. The number of ether oxygens (including phenoxy) is 1. The van der Waals surface area contributed by atoms with Gasteiger partial charge in [-0.2, -0.15) is 5.10 Å².